The lowest BCUT2D eigenvalue weighted by Gasteiger charge is -2.52. The molecule has 4 heterocycles. The van der Waals surface area contributed by atoms with Gasteiger partial charge in [0.2, 0.25) is 0 Å². The van der Waals surface area contributed by atoms with E-state index in [-0.39, 0.29) is 45.2 Å². The summed E-state index contributed by atoms with van der Waals surface area (Å²) in [5, 5.41) is 0. The maximum absolute atomic E-state index is 4.95. The van der Waals surface area contributed by atoms with E-state index < -0.39 is 5.54 Å². The summed E-state index contributed by atoms with van der Waals surface area (Å²) in [5.74, 6) is 0. The van der Waals surface area contributed by atoms with Crippen molar-refractivity contribution in [2.24, 2.45) is 4.99 Å². The van der Waals surface area contributed by atoms with E-state index in [2.05, 4.69) is 288 Å². The highest BCUT2D eigenvalue weighted by atomic mass is 15.3. The van der Waals surface area contributed by atoms with Crippen molar-refractivity contribution in [3.8, 4) is 11.1 Å². The molecule has 8 aromatic carbocycles. The number of fused-ring (bicyclic) bond motifs is 10. The number of rotatable bonds is 5. The van der Waals surface area contributed by atoms with Crippen LogP contribution in [0.15, 0.2) is 175 Å². The standard InChI is InChI=1S/C78H83BN4/c1-72(2,3)52-28-32-55(33-29-52)81-67-36-31-54(74(7,8)9)44-62(67)79-63-47-59-60(76(12,13)40-39-75(59,10)11)48-68(63)82(65-35-30-53(73(4,5)6)43-57(65)49-22-17-16-18-23-49)70-46-56(45-69(81)71(70)79)83-66-34-27-51(64-26-21-41-80-64)42-61(66)77(14)38-37-50-24-19-20-25-58(50)78(77,83)15/h16-36,41-48,64H,37-40H2,1-15H3. The fraction of sp³-hybridized carbons (Fsp3) is 0.346. The monoisotopic (exact) mass is 1090 g/mol. The Labute approximate surface area is 496 Å². The Morgan fingerprint density at radius 1 is 0.470 bits per heavy atom. The normalized spacial score (nSPS) is 21.5. The van der Waals surface area contributed by atoms with Crippen LogP contribution in [-0.2, 0) is 44.4 Å². The highest BCUT2D eigenvalue weighted by molar-refractivity contribution is 7.00. The zero-order chi connectivity index (χ0) is 58.1. The Balaban J connectivity index is 1.15. The van der Waals surface area contributed by atoms with Gasteiger partial charge in [0.05, 0.1) is 17.3 Å². The Bertz CT molecular complexity index is 4030. The van der Waals surface area contributed by atoms with E-state index in [1.807, 2.05) is 6.21 Å². The van der Waals surface area contributed by atoms with E-state index in [4.69, 9.17) is 4.99 Å². The quantitative estimate of drug-likeness (QED) is 0.160. The molecule has 0 saturated heterocycles. The van der Waals surface area contributed by atoms with Crippen LogP contribution in [0.1, 0.15) is 179 Å². The molecule has 0 saturated carbocycles. The average molecular weight is 1090 g/mol. The molecule has 0 aromatic heterocycles. The second kappa shape index (κ2) is 18.1. The van der Waals surface area contributed by atoms with Crippen molar-refractivity contribution < 1.29 is 0 Å². The van der Waals surface area contributed by atoms with Gasteiger partial charge in [0.15, 0.2) is 0 Å². The maximum atomic E-state index is 4.95. The van der Waals surface area contributed by atoms with Gasteiger partial charge < -0.3 is 14.7 Å². The SMILES string of the molecule is CC(C)(C)c1ccc(N2c3ccc(C(C)(C)C)cc3B3c4cc5c(cc4N(c4ccc(C(C)(C)C)cc4-c4ccccc4)c4cc(N6c7ccc(C8C=CC=N8)cc7C7(C)CCc8ccccc8C67C)cc2c43)C(C)(C)CCC5(C)C)cc1. The molecule has 6 aliphatic rings. The minimum atomic E-state index is -0.457. The van der Waals surface area contributed by atoms with Gasteiger partial charge in [0.1, 0.15) is 0 Å². The van der Waals surface area contributed by atoms with Gasteiger partial charge in [-0.25, -0.2) is 0 Å². The molecule has 14 rings (SSSR count). The maximum Gasteiger partial charge on any atom is 0.252 e. The van der Waals surface area contributed by atoms with Crippen LogP contribution in [0, 0.1) is 0 Å². The summed E-state index contributed by atoms with van der Waals surface area (Å²) in [4.78, 5) is 13.2. The fourth-order valence-electron chi connectivity index (χ4n) is 15.8. The van der Waals surface area contributed by atoms with Gasteiger partial charge in [-0.2, -0.15) is 0 Å². The molecule has 3 atom stereocenters. The number of nitrogens with zero attached hydrogens (tertiary/aromatic N) is 4. The van der Waals surface area contributed by atoms with Crippen LogP contribution in [0.5, 0.6) is 0 Å². The Morgan fingerprint density at radius 2 is 1.06 bits per heavy atom. The van der Waals surface area contributed by atoms with Crippen LogP contribution >= 0.6 is 0 Å². The number of hydrogen-bond acceptors (Lipinski definition) is 4. The van der Waals surface area contributed by atoms with Gasteiger partial charge in [-0.3, -0.25) is 4.99 Å². The lowest BCUT2D eigenvalue weighted by molar-refractivity contribution is 0.245. The third kappa shape index (κ3) is 8.02. The van der Waals surface area contributed by atoms with Crippen LogP contribution in [0.25, 0.3) is 11.1 Å². The van der Waals surface area contributed by atoms with Crippen LogP contribution in [0.4, 0.5) is 45.5 Å². The molecule has 0 bridgehead atoms. The number of benzene rings is 8. The van der Waals surface area contributed by atoms with Crippen molar-refractivity contribution in [1.82, 2.24) is 0 Å². The van der Waals surface area contributed by atoms with Crippen molar-refractivity contribution in [2.45, 2.75) is 174 Å². The van der Waals surface area contributed by atoms with Crippen LogP contribution < -0.4 is 31.1 Å². The molecule has 0 spiro atoms. The summed E-state index contributed by atoms with van der Waals surface area (Å²) in [6, 6.07) is 63.1. The number of aryl methyl sites for hydroxylation is 1. The lowest BCUT2D eigenvalue weighted by atomic mass is 9.33. The molecule has 3 unspecified atom stereocenters. The topological polar surface area (TPSA) is 22.1 Å². The van der Waals surface area contributed by atoms with Gasteiger partial charge in [0, 0.05) is 57.0 Å². The summed E-state index contributed by atoms with van der Waals surface area (Å²) in [7, 11) is 0. The first-order valence-electron chi connectivity index (χ1n) is 30.9. The van der Waals surface area contributed by atoms with Crippen molar-refractivity contribution in [1.29, 1.82) is 0 Å². The first kappa shape index (κ1) is 53.6. The number of hydrogen-bond donors (Lipinski definition) is 0. The van der Waals surface area contributed by atoms with Gasteiger partial charge in [-0.1, -0.05) is 206 Å². The molecule has 8 aromatic rings. The molecule has 0 radical (unpaired) electrons. The summed E-state index contributed by atoms with van der Waals surface area (Å²) in [5.41, 5.74) is 28.0. The van der Waals surface area contributed by atoms with E-state index in [0.29, 0.717) is 0 Å². The molecular formula is C78H83BN4. The van der Waals surface area contributed by atoms with Crippen LogP contribution in [0.2, 0.25) is 0 Å². The summed E-state index contributed by atoms with van der Waals surface area (Å²) < 4.78 is 0. The summed E-state index contributed by atoms with van der Waals surface area (Å²) >= 11 is 0. The zero-order valence-corrected chi connectivity index (χ0v) is 52.0. The van der Waals surface area contributed by atoms with E-state index >= 15 is 0 Å². The Hall–Kier alpha value is -7.37. The van der Waals surface area contributed by atoms with Crippen molar-refractivity contribution in [3.05, 3.63) is 220 Å². The van der Waals surface area contributed by atoms with Crippen molar-refractivity contribution >= 4 is 74.8 Å². The predicted octanol–water partition coefficient (Wildman–Crippen LogP) is 18.6. The molecule has 0 amide bonds. The summed E-state index contributed by atoms with van der Waals surface area (Å²) in [6.45, 7) is 36.2. The Morgan fingerprint density at radius 3 is 1.72 bits per heavy atom. The van der Waals surface area contributed by atoms with Gasteiger partial charge in [-0.15, -0.1) is 0 Å². The van der Waals surface area contributed by atoms with Gasteiger partial charge in [0.25, 0.3) is 6.71 Å². The first-order chi connectivity index (χ1) is 39.3. The number of allylic oxidation sites excluding steroid dienone is 1. The predicted molar refractivity (Wildman–Crippen MR) is 356 cm³/mol. The molecule has 83 heavy (non-hydrogen) atoms. The third-order valence-corrected chi connectivity index (χ3v) is 21.1. The highest BCUT2D eigenvalue weighted by Crippen LogP contribution is 2.65. The van der Waals surface area contributed by atoms with Crippen molar-refractivity contribution in [3.63, 3.8) is 0 Å². The van der Waals surface area contributed by atoms with Gasteiger partial charge in [-0.05, 0) is 192 Å². The third-order valence-electron chi connectivity index (χ3n) is 21.1. The molecule has 2 aliphatic carbocycles. The zero-order valence-electron chi connectivity index (χ0n) is 52.0. The van der Waals surface area contributed by atoms with Crippen LogP contribution in [-0.4, -0.2) is 12.9 Å². The molecule has 0 fully saturated rings. The molecule has 4 nitrogen and oxygen atoms in total. The molecule has 5 heteroatoms. The largest absolute Gasteiger partial charge is 0.330 e. The lowest BCUT2D eigenvalue weighted by Crippen LogP contribution is -2.62. The molecule has 0 N–H and O–H groups in total. The van der Waals surface area contributed by atoms with Crippen molar-refractivity contribution in [2.75, 3.05) is 14.7 Å². The smallest absolute Gasteiger partial charge is 0.252 e. The van der Waals surface area contributed by atoms with Crippen LogP contribution in [0.3, 0.4) is 0 Å². The second-order valence-corrected chi connectivity index (χ2v) is 30.2. The van der Waals surface area contributed by atoms with E-state index in [1.165, 1.54) is 123 Å². The molecule has 418 valence electrons. The fourth-order valence-corrected chi connectivity index (χ4v) is 15.8. The van der Waals surface area contributed by atoms with E-state index in [0.717, 1.165) is 25.7 Å². The van der Waals surface area contributed by atoms with E-state index in [1.54, 1.807) is 0 Å². The first-order valence-corrected chi connectivity index (χ1v) is 30.9. The van der Waals surface area contributed by atoms with E-state index in [9.17, 15) is 0 Å². The molecular weight excluding hydrogens is 1000 g/mol. The second-order valence-electron chi connectivity index (χ2n) is 30.2. The Kier molecular flexibility index (Phi) is 11.7. The summed E-state index contributed by atoms with van der Waals surface area (Å²) in [6.07, 6.45) is 10.6. The minimum Gasteiger partial charge on any atom is -0.330 e. The number of anilines is 8. The highest BCUT2D eigenvalue weighted by Gasteiger charge is 2.60. The number of aliphatic imine (C=N–C) groups is 1. The minimum absolute atomic E-state index is 0.00337. The molecule has 4 aliphatic heterocycles. The average Bonchev–Trinajstić information content (AvgIpc) is 1.88. The van der Waals surface area contributed by atoms with Gasteiger partial charge >= 0.3 is 0 Å².